The summed E-state index contributed by atoms with van der Waals surface area (Å²) in [6.07, 6.45) is -6.54. The van der Waals surface area contributed by atoms with E-state index in [1.165, 1.54) is 0 Å². The first kappa shape index (κ1) is 16.4. The number of hydrogen-bond donors (Lipinski definition) is 0. The molecule has 0 aliphatic rings. The highest BCUT2D eigenvalue weighted by Crippen LogP contribution is 2.37. The van der Waals surface area contributed by atoms with Gasteiger partial charge in [-0.15, -0.1) is 0 Å². The summed E-state index contributed by atoms with van der Waals surface area (Å²) in [4.78, 5) is 3.31. The Balaban J connectivity index is 2.59. The van der Waals surface area contributed by atoms with Crippen molar-refractivity contribution < 1.29 is 34.8 Å². The van der Waals surface area contributed by atoms with Crippen molar-refractivity contribution in [2.24, 2.45) is 7.05 Å². The van der Waals surface area contributed by atoms with Gasteiger partial charge in [0.15, 0.2) is 5.69 Å². The molecular weight excluding hydrogens is 337 g/mol. The Morgan fingerprint density at radius 2 is 2.00 bits per heavy atom. The molecule has 2 aromatic heterocycles. The molecule has 0 spiro atoms. The Morgan fingerprint density at radius 1 is 1.36 bits per heavy atom. The molecule has 22 heavy (non-hydrogen) atoms. The van der Waals surface area contributed by atoms with Gasteiger partial charge in [0.25, 0.3) is 6.43 Å². The number of halogens is 5. The van der Waals surface area contributed by atoms with Gasteiger partial charge in [-0.25, -0.2) is 22.2 Å². The first-order chi connectivity index (χ1) is 10.0. The van der Waals surface area contributed by atoms with Crippen LogP contribution in [0.1, 0.15) is 23.4 Å². The van der Waals surface area contributed by atoms with Gasteiger partial charge in [-0.1, -0.05) is 0 Å². The molecule has 0 saturated carbocycles. The van der Waals surface area contributed by atoms with Gasteiger partial charge in [0.2, 0.25) is 9.84 Å². The zero-order valence-corrected chi connectivity index (χ0v) is 11.6. The normalized spacial score (nSPS) is 13.0. The maximum absolute atomic E-state index is 12.9. The molecule has 0 bridgehead atoms. The van der Waals surface area contributed by atoms with Crippen LogP contribution in [0.25, 0.3) is 0 Å². The Bertz CT molecular complexity index is 765. The van der Waals surface area contributed by atoms with Crippen LogP contribution in [-0.4, -0.2) is 23.2 Å². The SMILES string of the molecule is Cn1nc(C(F)(F)F)c(CS(=O)(=O)c2ncco2)c1C(F)F. The minimum absolute atomic E-state index is 0.313. The van der Waals surface area contributed by atoms with Crippen LogP contribution in [0.3, 0.4) is 0 Å². The van der Waals surface area contributed by atoms with Crippen molar-refractivity contribution in [2.75, 3.05) is 0 Å². The molecule has 0 radical (unpaired) electrons. The zero-order chi connectivity index (χ0) is 16.7. The van der Waals surface area contributed by atoms with Crippen LogP contribution < -0.4 is 0 Å². The second kappa shape index (κ2) is 5.34. The van der Waals surface area contributed by atoms with E-state index in [9.17, 15) is 30.4 Å². The monoisotopic (exact) mass is 345 g/mol. The predicted octanol–water partition coefficient (Wildman–Crippen LogP) is 2.34. The number of hydrogen-bond acceptors (Lipinski definition) is 5. The van der Waals surface area contributed by atoms with E-state index < -0.39 is 50.4 Å². The maximum atomic E-state index is 12.9. The largest absolute Gasteiger partial charge is 0.437 e. The van der Waals surface area contributed by atoms with Crippen LogP contribution >= 0.6 is 0 Å². The zero-order valence-electron chi connectivity index (χ0n) is 10.8. The van der Waals surface area contributed by atoms with Gasteiger partial charge in [-0.05, 0) is 0 Å². The number of nitrogens with zero attached hydrogens (tertiary/aromatic N) is 3. The van der Waals surface area contributed by atoms with Gasteiger partial charge in [0.1, 0.15) is 12.0 Å². The molecule has 2 rings (SSSR count). The van der Waals surface area contributed by atoms with Crippen molar-refractivity contribution in [3.05, 3.63) is 29.4 Å². The third-order valence-electron chi connectivity index (χ3n) is 2.68. The number of alkyl halides is 5. The summed E-state index contributed by atoms with van der Waals surface area (Å²) in [5.74, 6) is -1.35. The van der Waals surface area contributed by atoms with Crippen molar-refractivity contribution in [1.82, 2.24) is 14.8 Å². The third-order valence-corrected chi connectivity index (χ3v) is 4.08. The Hall–Kier alpha value is -1.98. The van der Waals surface area contributed by atoms with E-state index in [2.05, 4.69) is 14.5 Å². The Labute approximate surface area is 120 Å². The first-order valence-corrected chi connectivity index (χ1v) is 7.22. The van der Waals surface area contributed by atoms with Crippen LogP contribution in [0.15, 0.2) is 22.1 Å². The highest BCUT2D eigenvalue weighted by Gasteiger charge is 2.42. The van der Waals surface area contributed by atoms with E-state index in [4.69, 9.17) is 0 Å². The number of aromatic nitrogens is 3. The summed E-state index contributed by atoms with van der Waals surface area (Å²) in [7, 11) is -3.59. The van der Waals surface area contributed by atoms with Gasteiger partial charge in [-0.2, -0.15) is 18.3 Å². The molecule has 0 unspecified atom stereocenters. The van der Waals surface area contributed by atoms with E-state index >= 15 is 0 Å². The maximum Gasteiger partial charge on any atom is 0.435 e. The van der Waals surface area contributed by atoms with Crippen LogP contribution in [0.4, 0.5) is 22.0 Å². The van der Waals surface area contributed by atoms with Crippen molar-refractivity contribution in [1.29, 1.82) is 0 Å². The summed E-state index contributed by atoms with van der Waals surface area (Å²) in [5, 5.41) is 2.11. The molecular formula is C10H8F5N3O3S. The minimum Gasteiger partial charge on any atom is -0.437 e. The van der Waals surface area contributed by atoms with Gasteiger partial charge in [-0.3, -0.25) is 4.68 Å². The smallest absolute Gasteiger partial charge is 0.435 e. The fourth-order valence-corrected chi connectivity index (χ4v) is 3.05. The molecule has 122 valence electrons. The topological polar surface area (TPSA) is 78.0 Å². The quantitative estimate of drug-likeness (QED) is 0.795. The molecule has 0 N–H and O–H groups in total. The predicted molar refractivity (Wildman–Crippen MR) is 60.6 cm³/mol. The summed E-state index contributed by atoms with van der Waals surface area (Å²) in [6, 6.07) is 0. The lowest BCUT2D eigenvalue weighted by Gasteiger charge is -2.08. The van der Waals surface area contributed by atoms with Gasteiger partial charge >= 0.3 is 11.4 Å². The van der Waals surface area contributed by atoms with E-state index in [0.717, 1.165) is 19.5 Å². The fourth-order valence-electron chi connectivity index (χ4n) is 1.84. The molecule has 2 heterocycles. The van der Waals surface area contributed by atoms with E-state index in [1.54, 1.807) is 0 Å². The summed E-state index contributed by atoms with van der Waals surface area (Å²) in [6.45, 7) is 0. The standard InChI is InChI=1S/C10H8F5N3O3S/c1-18-6(8(11)12)5(7(17-18)10(13,14)15)4-22(19,20)9-16-2-3-21-9/h2-3,8H,4H2,1H3. The molecule has 12 heteroatoms. The van der Waals surface area contributed by atoms with Crippen LogP contribution in [-0.2, 0) is 28.8 Å². The number of sulfone groups is 1. The average Bonchev–Trinajstić information content (AvgIpc) is 2.95. The van der Waals surface area contributed by atoms with Crippen LogP contribution in [0, 0.1) is 0 Å². The highest BCUT2D eigenvalue weighted by atomic mass is 32.2. The minimum atomic E-state index is -5.08. The van der Waals surface area contributed by atoms with Crippen LogP contribution in [0.2, 0.25) is 0 Å². The molecule has 0 aliphatic heterocycles. The Kier molecular flexibility index (Phi) is 3.98. The third kappa shape index (κ3) is 2.96. The van der Waals surface area contributed by atoms with Crippen molar-refractivity contribution in [3.8, 4) is 0 Å². The fraction of sp³-hybridized carbons (Fsp3) is 0.400. The molecule has 0 aromatic carbocycles. The molecule has 0 fully saturated rings. The number of rotatable bonds is 4. The van der Waals surface area contributed by atoms with Gasteiger partial charge in [0, 0.05) is 12.6 Å². The van der Waals surface area contributed by atoms with E-state index in [1.807, 2.05) is 0 Å². The summed E-state index contributed by atoms with van der Waals surface area (Å²) < 4.78 is 93.2. The van der Waals surface area contributed by atoms with Gasteiger partial charge < -0.3 is 4.42 Å². The lowest BCUT2D eigenvalue weighted by atomic mass is 10.2. The molecule has 0 aliphatic carbocycles. The summed E-state index contributed by atoms with van der Waals surface area (Å²) in [5.41, 5.74) is -3.92. The number of aryl methyl sites for hydroxylation is 1. The van der Waals surface area contributed by atoms with Crippen molar-refractivity contribution in [2.45, 2.75) is 23.6 Å². The average molecular weight is 345 g/mol. The highest BCUT2D eigenvalue weighted by molar-refractivity contribution is 7.90. The van der Waals surface area contributed by atoms with Gasteiger partial charge in [0.05, 0.1) is 11.9 Å². The van der Waals surface area contributed by atoms with E-state index in [0.29, 0.717) is 4.68 Å². The van der Waals surface area contributed by atoms with Crippen molar-refractivity contribution >= 4 is 9.84 Å². The van der Waals surface area contributed by atoms with E-state index in [-0.39, 0.29) is 0 Å². The Morgan fingerprint density at radius 3 is 2.45 bits per heavy atom. The van der Waals surface area contributed by atoms with Crippen LogP contribution in [0.5, 0.6) is 0 Å². The molecule has 0 atom stereocenters. The molecule has 0 amide bonds. The second-order valence-electron chi connectivity index (χ2n) is 4.19. The first-order valence-electron chi connectivity index (χ1n) is 5.57. The van der Waals surface area contributed by atoms with Crippen molar-refractivity contribution in [3.63, 3.8) is 0 Å². The summed E-state index contributed by atoms with van der Waals surface area (Å²) >= 11 is 0. The number of oxazole rings is 1. The molecule has 6 nitrogen and oxygen atoms in total. The lowest BCUT2D eigenvalue weighted by molar-refractivity contribution is -0.141. The second-order valence-corrected chi connectivity index (χ2v) is 6.06. The molecule has 0 saturated heterocycles. The lowest BCUT2D eigenvalue weighted by Crippen LogP contribution is -2.14. The molecule has 2 aromatic rings.